The van der Waals surface area contributed by atoms with E-state index < -0.39 is 6.23 Å². The Balaban J connectivity index is 1.85. The number of para-hydroxylation sites is 1. The van der Waals surface area contributed by atoms with Crippen molar-refractivity contribution in [3.05, 3.63) is 41.5 Å². The van der Waals surface area contributed by atoms with Crippen molar-refractivity contribution in [2.24, 2.45) is 5.10 Å². The van der Waals surface area contributed by atoms with Crippen LogP contribution in [0.15, 0.2) is 46.6 Å². The van der Waals surface area contributed by atoms with Crippen LogP contribution in [0, 0.1) is 0 Å². The molecule has 0 spiro atoms. The molecule has 0 bridgehead atoms. The first-order chi connectivity index (χ1) is 9.59. The van der Waals surface area contributed by atoms with Crippen LogP contribution in [-0.2, 0) is 4.79 Å². The third kappa shape index (κ3) is 1.91. The first kappa shape index (κ1) is 12.9. The predicted octanol–water partition coefficient (Wildman–Crippen LogP) is 1.71. The van der Waals surface area contributed by atoms with Crippen LogP contribution in [0.1, 0.15) is 20.3 Å². The van der Waals surface area contributed by atoms with E-state index in [4.69, 9.17) is 0 Å². The summed E-state index contributed by atoms with van der Waals surface area (Å²) in [6.45, 7) is 4.24. The van der Waals surface area contributed by atoms with Crippen molar-refractivity contribution in [3.8, 4) is 0 Å². The first-order valence-corrected chi connectivity index (χ1v) is 6.68. The summed E-state index contributed by atoms with van der Waals surface area (Å²) in [7, 11) is 0. The zero-order chi connectivity index (χ0) is 14.3. The Kier molecular flexibility index (Phi) is 3.06. The van der Waals surface area contributed by atoms with Gasteiger partial charge < -0.3 is 5.11 Å². The zero-order valence-corrected chi connectivity index (χ0v) is 11.6. The van der Waals surface area contributed by atoms with Gasteiger partial charge in [-0.05, 0) is 31.6 Å². The molecule has 1 aromatic rings. The molecule has 1 aromatic carbocycles. The van der Waals surface area contributed by atoms with Crippen LogP contribution in [0.3, 0.4) is 0 Å². The number of hydrogen-bond acceptors (Lipinski definition) is 4. The molecule has 0 fully saturated rings. The van der Waals surface area contributed by atoms with Crippen molar-refractivity contribution in [3.63, 3.8) is 0 Å². The Hall–Kier alpha value is -2.14. The van der Waals surface area contributed by atoms with Crippen molar-refractivity contribution in [2.75, 3.05) is 11.6 Å². The second-order valence-electron chi connectivity index (χ2n) is 5.08. The maximum absolute atomic E-state index is 12.2. The average molecular weight is 271 g/mol. The molecule has 0 saturated heterocycles. The Morgan fingerprint density at radius 1 is 1.25 bits per heavy atom. The molecule has 1 unspecified atom stereocenters. The lowest BCUT2D eigenvalue weighted by molar-refractivity contribution is -0.126. The number of aliphatic hydroxyl groups is 1. The number of carbonyl (C=O) groups excluding carboxylic acids is 1. The molecule has 0 saturated carbocycles. The molecule has 5 heteroatoms. The third-order valence-corrected chi connectivity index (χ3v) is 3.88. The van der Waals surface area contributed by atoms with E-state index >= 15 is 0 Å². The first-order valence-electron chi connectivity index (χ1n) is 6.68. The fraction of sp³-hybridized carbons (Fsp3) is 0.333. The molecule has 1 N–H and O–H groups in total. The number of nitrogens with zero attached hydrogens (tertiary/aromatic N) is 3. The summed E-state index contributed by atoms with van der Waals surface area (Å²) in [4.78, 5) is 13.6. The summed E-state index contributed by atoms with van der Waals surface area (Å²) in [5.74, 6) is 0.478. The van der Waals surface area contributed by atoms with E-state index in [1.165, 1.54) is 4.90 Å². The lowest BCUT2D eigenvalue weighted by atomic mass is 10.2. The van der Waals surface area contributed by atoms with Crippen LogP contribution < -0.4 is 5.01 Å². The Morgan fingerprint density at radius 3 is 2.55 bits per heavy atom. The summed E-state index contributed by atoms with van der Waals surface area (Å²) in [5.41, 5.74) is 2.30. The average Bonchev–Trinajstić information content (AvgIpc) is 3.02. The van der Waals surface area contributed by atoms with Gasteiger partial charge in [0.2, 0.25) is 0 Å². The van der Waals surface area contributed by atoms with Crippen LogP contribution in [0.2, 0.25) is 0 Å². The summed E-state index contributed by atoms with van der Waals surface area (Å²) < 4.78 is 0. The minimum absolute atomic E-state index is 0.149. The molecule has 2 aliphatic heterocycles. The number of anilines is 1. The number of aliphatic hydroxyl groups excluding tert-OH is 1. The van der Waals surface area contributed by atoms with Gasteiger partial charge in [0.25, 0.3) is 5.91 Å². The van der Waals surface area contributed by atoms with Gasteiger partial charge in [0.1, 0.15) is 5.84 Å². The van der Waals surface area contributed by atoms with Gasteiger partial charge in [-0.15, -0.1) is 0 Å². The molecule has 2 aliphatic rings. The minimum Gasteiger partial charge on any atom is -0.369 e. The topological polar surface area (TPSA) is 56.1 Å². The molecule has 5 nitrogen and oxygen atoms in total. The summed E-state index contributed by atoms with van der Waals surface area (Å²) in [5, 5.41) is 16.5. The van der Waals surface area contributed by atoms with Crippen molar-refractivity contribution >= 4 is 17.4 Å². The van der Waals surface area contributed by atoms with Gasteiger partial charge in [0.15, 0.2) is 6.23 Å². The van der Waals surface area contributed by atoms with Crippen LogP contribution in [0.5, 0.6) is 0 Å². The van der Waals surface area contributed by atoms with Gasteiger partial charge in [0.05, 0.1) is 5.69 Å². The van der Waals surface area contributed by atoms with Crippen LogP contribution in [-0.4, -0.2) is 34.5 Å². The number of carbonyl (C=O) groups is 1. The summed E-state index contributed by atoms with van der Waals surface area (Å²) in [6, 6.07) is 9.81. The lowest BCUT2D eigenvalue weighted by Gasteiger charge is -2.21. The SMILES string of the molecule is CC1=C(C)C(O)N(C2=NN(c3ccccc3)CC2)C1=O. The molecule has 1 amide bonds. The molecular weight excluding hydrogens is 254 g/mol. The number of benzene rings is 1. The number of hydrogen-bond donors (Lipinski definition) is 1. The van der Waals surface area contributed by atoms with E-state index in [1.807, 2.05) is 35.3 Å². The Bertz CT molecular complexity index is 607. The van der Waals surface area contributed by atoms with Crippen molar-refractivity contribution in [1.82, 2.24) is 4.90 Å². The van der Waals surface area contributed by atoms with E-state index in [0.29, 0.717) is 29.9 Å². The molecule has 0 aromatic heterocycles. The number of rotatable bonds is 1. The highest BCUT2D eigenvalue weighted by atomic mass is 16.3. The molecule has 1 atom stereocenters. The van der Waals surface area contributed by atoms with Crippen LogP contribution in [0.4, 0.5) is 5.69 Å². The van der Waals surface area contributed by atoms with Gasteiger partial charge in [-0.1, -0.05) is 18.2 Å². The van der Waals surface area contributed by atoms with Gasteiger partial charge >= 0.3 is 0 Å². The van der Waals surface area contributed by atoms with Crippen LogP contribution in [0.25, 0.3) is 0 Å². The highest BCUT2D eigenvalue weighted by Crippen LogP contribution is 2.28. The van der Waals surface area contributed by atoms with Crippen molar-refractivity contribution in [2.45, 2.75) is 26.5 Å². The van der Waals surface area contributed by atoms with E-state index in [-0.39, 0.29) is 5.91 Å². The van der Waals surface area contributed by atoms with Crippen molar-refractivity contribution in [1.29, 1.82) is 0 Å². The highest BCUT2D eigenvalue weighted by molar-refractivity contribution is 6.09. The fourth-order valence-electron chi connectivity index (χ4n) is 2.51. The highest BCUT2D eigenvalue weighted by Gasteiger charge is 2.38. The summed E-state index contributed by atoms with van der Waals surface area (Å²) in [6.07, 6.45) is -0.227. The molecule has 20 heavy (non-hydrogen) atoms. The second kappa shape index (κ2) is 4.76. The molecule has 0 aliphatic carbocycles. The van der Waals surface area contributed by atoms with E-state index in [1.54, 1.807) is 13.8 Å². The van der Waals surface area contributed by atoms with Crippen LogP contribution >= 0.6 is 0 Å². The number of amidine groups is 1. The zero-order valence-electron chi connectivity index (χ0n) is 11.6. The maximum Gasteiger partial charge on any atom is 0.257 e. The number of amides is 1. The molecule has 104 valence electrons. The lowest BCUT2D eigenvalue weighted by Crippen LogP contribution is -2.39. The quantitative estimate of drug-likeness (QED) is 0.846. The smallest absolute Gasteiger partial charge is 0.257 e. The Labute approximate surface area is 117 Å². The molecular formula is C15H17N3O2. The minimum atomic E-state index is -0.878. The van der Waals surface area contributed by atoms with Gasteiger partial charge in [0, 0.05) is 18.5 Å². The normalized spacial score (nSPS) is 22.9. The predicted molar refractivity (Wildman–Crippen MR) is 77.1 cm³/mol. The summed E-state index contributed by atoms with van der Waals surface area (Å²) >= 11 is 0. The van der Waals surface area contributed by atoms with Crippen molar-refractivity contribution < 1.29 is 9.90 Å². The maximum atomic E-state index is 12.2. The van der Waals surface area contributed by atoms with Gasteiger partial charge in [-0.25, -0.2) is 0 Å². The van der Waals surface area contributed by atoms with E-state index in [9.17, 15) is 9.90 Å². The van der Waals surface area contributed by atoms with Gasteiger partial charge in [-0.3, -0.25) is 14.7 Å². The molecule has 2 heterocycles. The second-order valence-corrected chi connectivity index (χ2v) is 5.08. The Morgan fingerprint density at radius 2 is 1.95 bits per heavy atom. The molecule has 3 rings (SSSR count). The standard InChI is InChI=1S/C15H17N3O2/c1-10-11(2)15(20)18(14(10)19)13-8-9-17(16-13)12-6-4-3-5-7-12/h3-7,14,19H,8-9H2,1-2H3. The largest absolute Gasteiger partial charge is 0.369 e. The van der Waals surface area contributed by atoms with E-state index in [0.717, 1.165) is 5.69 Å². The third-order valence-electron chi connectivity index (χ3n) is 3.88. The van der Waals surface area contributed by atoms with E-state index in [2.05, 4.69) is 5.10 Å². The number of hydrazone groups is 1. The monoisotopic (exact) mass is 271 g/mol. The van der Waals surface area contributed by atoms with Gasteiger partial charge in [-0.2, -0.15) is 5.10 Å². The fourth-order valence-corrected chi connectivity index (χ4v) is 2.51. The molecule has 0 radical (unpaired) electrons.